The van der Waals surface area contributed by atoms with E-state index in [0.29, 0.717) is 50.8 Å². The van der Waals surface area contributed by atoms with Gasteiger partial charge in [0.15, 0.2) is 0 Å². The molecule has 3 fully saturated rings. The fourth-order valence-corrected chi connectivity index (χ4v) is 6.18. The molecule has 0 aliphatic carbocycles. The summed E-state index contributed by atoms with van der Waals surface area (Å²) in [7, 11) is 0. The first-order valence-corrected chi connectivity index (χ1v) is 12.7. The maximum atomic E-state index is 13.2. The molecule has 3 rings (SSSR count). The van der Waals surface area contributed by atoms with Crippen molar-refractivity contribution in [1.29, 1.82) is 0 Å². The van der Waals surface area contributed by atoms with Crippen LogP contribution in [0.25, 0.3) is 0 Å². The van der Waals surface area contributed by atoms with Crippen molar-refractivity contribution in [3.63, 3.8) is 0 Å². The Labute approximate surface area is 205 Å². The van der Waals surface area contributed by atoms with Crippen LogP contribution >= 0.6 is 11.8 Å². The van der Waals surface area contributed by atoms with Crippen molar-refractivity contribution < 1.29 is 48.7 Å². The molecule has 0 saturated carbocycles. The quantitative estimate of drug-likeness (QED) is 0.0753. The Kier molecular flexibility index (Phi) is 8.72. The van der Waals surface area contributed by atoms with Crippen molar-refractivity contribution in [3.05, 3.63) is 0 Å². The Morgan fingerprint density at radius 3 is 2.40 bits per heavy atom. The summed E-state index contributed by atoms with van der Waals surface area (Å²) in [5.41, 5.74) is 0. The van der Waals surface area contributed by atoms with E-state index in [1.54, 1.807) is 0 Å². The number of amides is 5. The second kappa shape index (κ2) is 11.4. The first-order valence-electron chi connectivity index (χ1n) is 11.7. The Morgan fingerprint density at radius 2 is 1.71 bits per heavy atom. The molecule has 0 unspecified atom stereocenters. The number of urea groups is 1. The SMILES string of the molecule is O=C(O)CCCC[C@]1(C(=O)NCCCCCC(=O)O[N+]2(O)C(=O)CCC2=O)SC[C@@H]2NC(=O)N[C@@H]21. The number of carboxylic acid groups (broad SMARTS) is 1. The second-order valence-corrected chi connectivity index (χ2v) is 10.2. The number of thioether (sulfide) groups is 1. The number of fused-ring (bicyclic) bond motifs is 1. The molecule has 0 aromatic heterocycles. The maximum absolute atomic E-state index is 13.2. The van der Waals surface area contributed by atoms with Gasteiger partial charge in [-0.15, -0.1) is 11.8 Å². The second-order valence-electron chi connectivity index (χ2n) is 8.90. The van der Waals surface area contributed by atoms with Gasteiger partial charge in [-0.1, -0.05) is 12.8 Å². The molecule has 3 atom stereocenters. The first-order chi connectivity index (χ1) is 16.6. The first kappa shape index (κ1) is 26.9. The lowest BCUT2D eigenvalue weighted by atomic mass is 9.88. The zero-order valence-corrected chi connectivity index (χ0v) is 20.1. The van der Waals surface area contributed by atoms with Crippen LogP contribution in [-0.2, 0) is 28.8 Å². The number of unbranched alkanes of at least 4 members (excludes halogenated alkanes) is 3. The van der Waals surface area contributed by atoms with Gasteiger partial charge < -0.3 is 21.1 Å². The Hall–Kier alpha value is -2.71. The van der Waals surface area contributed by atoms with Gasteiger partial charge in [0.05, 0.1) is 31.3 Å². The van der Waals surface area contributed by atoms with E-state index in [2.05, 4.69) is 20.8 Å². The van der Waals surface area contributed by atoms with E-state index in [1.165, 1.54) is 11.8 Å². The highest BCUT2D eigenvalue weighted by Gasteiger charge is 2.57. The van der Waals surface area contributed by atoms with Crippen molar-refractivity contribution in [2.45, 2.75) is 81.0 Å². The number of imide groups is 1. The van der Waals surface area contributed by atoms with E-state index >= 15 is 0 Å². The van der Waals surface area contributed by atoms with E-state index in [0.717, 1.165) is 0 Å². The van der Waals surface area contributed by atoms with E-state index in [4.69, 9.17) is 5.11 Å². The molecule has 0 spiro atoms. The Morgan fingerprint density at radius 1 is 1.03 bits per heavy atom. The zero-order chi connectivity index (χ0) is 25.6. The summed E-state index contributed by atoms with van der Waals surface area (Å²) < 4.78 is -0.889. The lowest BCUT2D eigenvalue weighted by molar-refractivity contribution is -1.12. The number of carbonyl (C=O) groups is 6. The molecule has 35 heavy (non-hydrogen) atoms. The number of hydrogen-bond donors (Lipinski definition) is 5. The van der Waals surface area contributed by atoms with Crippen LogP contribution in [0.1, 0.15) is 64.2 Å². The van der Waals surface area contributed by atoms with Crippen molar-refractivity contribution in [3.8, 4) is 0 Å². The molecule has 5 amide bonds. The molecule has 0 radical (unpaired) electrons. The smallest absolute Gasteiger partial charge is 0.397 e. The standard InChI is InChI=1S/C21H30N4O9S/c26-14-8-9-15(27)25(14,33)34-17(30)7-2-1-5-11-22-19(31)21(10-4-3-6-16(28)29)18-13(12-35-21)23-20(32)24-18/h13,18,33H,1-12H2,(H3-,22,23,24,28,29,31,32)/p+1/t13-,18-,21-/m0/s1. The predicted octanol–water partition coefficient (Wildman–Crippen LogP) is 0.355. The number of hydrogen-bond acceptors (Lipinski definition) is 9. The minimum atomic E-state index is -1.92. The summed E-state index contributed by atoms with van der Waals surface area (Å²) in [5.74, 6) is -3.14. The van der Waals surface area contributed by atoms with Gasteiger partial charge in [-0.3, -0.25) is 9.59 Å². The van der Waals surface area contributed by atoms with Gasteiger partial charge in [-0.05, 0) is 25.7 Å². The molecule has 3 saturated heterocycles. The minimum absolute atomic E-state index is 0.0160. The highest BCUT2D eigenvalue weighted by atomic mass is 32.2. The van der Waals surface area contributed by atoms with E-state index in [1.807, 2.05) is 0 Å². The average molecular weight is 516 g/mol. The lowest BCUT2D eigenvalue weighted by Gasteiger charge is -2.32. The summed E-state index contributed by atoms with van der Waals surface area (Å²) in [5, 5.41) is 27.3. The Bertz CT molecular complexity index is 882. The summed E-state index contributed by atoms with van der Waals surface area (Å²) in [6.45, 7) is 0.334. The highest BCUT2D eigenvalue weighted by Crippen LogP contribution is 2.44. The summed E-state index contributed by atoms with van der Waals surface area (Å²) in [6, 6.07) is -0.876. The van der Waals surface area contributed by atoms with Crippen LogP contribution in [0.3, 0.4) is 0 Å². The molecular formula is C21H31N4O9S+. The van der Waals surface area contributed by atoms with E-state index in [-0.39, 0.29) is 49.7 Å². The summed E-state index contributed by atoms with van der Waals surface area (Å²) >= 11 is 1.46. The van der Waals surface area contributed by atoms with Gasteiger partial charge >= 0.3 is 29.8 Å². The van der Waals surface area contributed by atoms with Crippen molar-refractivity contribution >= 4 is 47.5 Å². The summed E-state index contributed by atoms with van der Waals surface area (Å²) in [6.07, 6.45) is 2.43. The normalized spacial score (nSPS) is 26.7. The number of quaternary nitrogens is 1. The summed E-state index contributed by atoms with van der Waals surface area (Å²) in [4.78, 5) is 73.6. The molecule has 194 valence electrons. The van der Waals surface area contributed by atoms with Gasteiger partial charge in [0.25, 0.3) is 0 Å². The molecule has 3 heterocycles. The molecule has 0 aromatic carbocycles. The third-order valence-corrected chi connectivity index (χ3v) is 8.09. The number of nitrogens with one attached hydrogen (secondary N) is 3. The minimum Gasteiger partial charge on any atom is -0.481 e. The van der Waals surface area contributed by atoms with Crippen molar-refractivity contribution in [2.24, 2.45) is 0 Å². The number of carboxylic acids is 1. The molecule has 3 aliphatic heterocycles. The lowest BCUT2D eigenvalue weighted by Crippen LogP contribution is -2.56. The monoisotopic (exact) mass is 515 g/mol. The van der Waals surface area contributed by atoms with Crippen LogP contribution < -0.4 is 16.0 Å². The number of nitrogens with zero attached hydrogens (tertiary/aromatic N) is 1. The third-order valence-electron chi connectivity index (χ3n) is 6.41. The average Bonchev–Trinajstić information content (AvgIpc) is 3.41. The van der Waals surface area contributed by atoms with Crippen LogP contribution in [-0.4, -0.2) is 79.9 Å². The van der Waals surface area contributed by atoms with Gasteiger partial charge in [0.1, 0.15) is 9.56 Å². The van der Waals surface area contributed by atoms with Gasteiger partial charge in [0.2, 0.25) is 5.91 Å². The van der Waals surface area contributed by atoms with Crippen LogP contribution in [0.15, 0.2) is 0 Å². The highest BCUT2D eigenvalue weighted by molar-refractivity contribution is 8.01. The maximum Gasteiger partial charge on any atom is 0.397 e. The van der Waals surface area contributed by atoms with Crippen LogP contribution in [0.4, 0.5) is 4.79 Å². The number of hydroxylamine groups is 4. The number of carbonyl (C=O) groups excluding carboxylic acids is 5. The van der Waals surface area contributed by atoms with Crippen molar-refractivity contribution in [1.82, 2.24) is 16.0 Å². The number of rotatable bonds is 13. The fourth-order valence-electron chi connectivity index (χ4n) is 4.53. The fraction of sp³-hybridized carbons (Fsp3) is 0.714. The Balaban J connectivity index is 1.42. The zero-order valence-electron chi connectivity index (χ0n) is 19.2. The third kappa shape index (κ3) is 6.11. The van der Waals surface area contributed by atoms with Crippen LogP contribution in [0.2, 0.25) is 0 Å². The largest absolute Gasteiger partial charge is 0.481 e. The molecule has 3 aliphatic rings. The van der Waals surface area contributed by atoms with E-state index in [9.17, 15) is 34.0 Å². The molecule has 0 aromatic rings. The van der Waals surface area contributed by atoms with Crippen molar-refractivity contribution in [2.75, 3.05) is 12.3 Å². The molecule has 0 bridgehead atoms. The number of aliphatic carboxylic acids is 1. The van der Waals surface area contributed by atoms with Gasteiger partial charge in [-0.25, -0.2) is 24.0 Å². The van der Waals surface area contributed by atoms with Crippen LogP contribution in [0, 0.1) is 0 Å². The molecule has 13 nitrogen and oxygen atoms in total. The van der Waals surface area contributed by atoms with Gasteiger partial charge in [0, 0.05) is 18.7 Å². The van der Waals surface area contributed by atoms with E-state index < -0.39 is 33.3 Å². The molecule has 5 N–H and O–H groups in total. The van der Waals surface area contributed by atoms with Crippen LogP contribution in [0.5, 0.6) is 0 Å². The molecular weight excluding hydrogens is 484 g/mol. The topological polar surface area (TPSA) is 188 Å². The van der Waals surface area contributed by atoms with Gasteiger partial charge in [-0.2, -0.15) is 5.21 Å². The predicted molar refractivity (Wildman–Crippen MR) is 119 cm³/mol. The molecule has 14 heteroatoms.